The smallest absolute Gasteiger partial charge is 0.409 e. The Morgan fingerprint density at radius 3 is 2.62 bits per heavy atom. The number of nitrogens with one attached hydrogen (secondary N) is 1. The van der Waals surface area contributed by atoms with Crippen LogP contribution in [-0.2, 0) is 4.74 Å². The van der Waals surface area contributed by atoms with Gasteiger partial charge in [-0.1, -0.05) is 30.3 Å². The largest absolute Gasteiger partial charge is 0.450 e. The number of hydrogen-bond donors (Lipinski definition) is 1. The molecule has 26 heavy (non-hydrogen) atoms. The summed E-state index contributed by atoms with van der Waals surface area (Å²) < 4.78 is 5.03. The van der Waals surface area contributed by atoms with E-state index in [9.17, 15) is 9.59 Å². The molecule has 0 atom stereocenters. The van der Waals surface area contributed by atoms with Crippen molar-refractivity contribution in [3.05, 3.63) is 41.0 Å². The van der Waals surface area contributed by atoms with E-state index in [0.717, 1.165) is 15.4 Å². The van der Waals surface area contributed by atoms with Crippen LogP contribution < -0.4 is 5.32 Å². The fourth-order valence-corrected chi connectivity index (χ4v) is 3.96. The lowest BCUT2D eigenvalue weighted by Gasteiger charge is -2.31. The molecule has 0 spiro atoms. The van der Waals surface area contributed by atoms with Crippen molar-refractivity contribution in [2.75, 3.05) is 19.7 Å². The van der Waals surface area contributed by atoms with Gasteiger partial charge in [-0.15, -0.1) is 11.3 Å². The van der Waals surface area contributed by atoms with Gasteiger partial charge in [0.25, 0.3) is 5.91 Å². The first-order valence-corrected chi connectivity index (χ1v) is 9.65. The van der Waals surface area contributed by atoms with E-state index in [4.69, 9.17) is 4.74 Å². The molecule has 1 aromatic carbocycles. The second-order valence-electron chi connectivity index (χ2n) is 6.21. The number of amides is 2. The van der Waals surface area contributed by atoms with E-state index in [1.54, 1.807) is 11.8 Å². The molecule has 3 rings (SSSR count). The van der Waals surface area contributed by atoms with Crippen molar-refractivity contribution >= 4 is 23.3 Å². The lowest BCUT2D eigenvalue weighted by atomic mass is 10.0. The molecule has 2 heterocycles. The van der Waals surface area contributed by atoms with Crippen molar-refractivity contribution in [2.24, 2.45) is 0 Å². The van der Waals surface area contributed by atoms with E-state index in [0.29, 0.717) is 38.2 Å². The Hall–Kier alpha value is -2.41. The summed E-state index contributed by atoms with van der Waals surface area (Å²) in [6.07, 6.45) is 1.15. The molecule has 1 aromatic heterocycles. The van der Waals surface area contributed by atoms with Gasteiger partial charge >= 0.3 is 6.09 Å². The number of likely N-dealkylation sites (tertiary alicyclic amines) is 1. The van der Waals surface area contributed by atoms with Crippen molar-refractivity contribution in [3.8, 4) is 10.4 Å². The molecular formula is C19H23N3O3S. The van der Waals surface area contributed by atoms with E-state index >= 15 is 0 Å². The zero-order valence-electron chi connectivity index (χ0n) is 15.0. The van der Waals surface area contributed by atoms with Crippen LogP contribution in [0.1, 0.15) is 35.3 Å². The average Bonchev–Trinajstić information content (AvgIpc) is 3.05. The molecule has 1 fully saturated rings. The van der Waals surface area contributed by atoms with Gasteiger partial charge in [-0.3, -0.25) is 4.79 Å². The number of piperidine rings is 1. The summed E-state index contributed by atoms with van der Waals surface area (Å²) in [5.74, 6) is -0.150. The van der Waals surface area contributed by atoms with Crippen molar-refractivity contribution in [1.82, 2.24) is 15.2 Å². The molecule has 0 saturated carbocycles. The third kappa shape index (κ3) is 4.22. The number of carbonyl (C=O) groups excluding carboxylic acids is 2. The fraction of sp³-hybridized carbons (Fsp3) is 0.421. The Kier molecular flexibility index (Phi) is 5.88. The lowest BCUT2D eigenvalue weighted by molar-refractivity contribution is 0.0857. The summed E-state index contributed by atoms with van der Waals surface area (Å²) in [4.78, 5) is 31.6. The molecule has 1 aliphatic heterocycles. The maximum Gasteiger partial charge on any atom is 0.409 e. The Morgan fingerprint density at radius 2 is 1.96 bits per heavy atom. The van der Waals surface area contributed by atoms with Crippen LogP contribution in [0.25, 0.3) is 10.4 Å². The number of nitrogens with zero attached hydrogens (tertiary/aromatic N) is 2. The van der Waals surface area contributed by atoms with E-state index in [1.807, 2.05) is 37.3 Å². The van der Waals surface area contributed by atoms with Crippen molar-refractivity contribution in [1.29, 1.82) is 0 Å². The number of carbonyl (C=O) groups is 2. The van der Waals surface area contributed by atoms with E-state index in [-0.39, 0.29) is 18.0 Å². The molecule has 0 unspecified atom stereocenters. The summed E-state index contributed by atoms with van der Waals surface area (Å²) in [6, 6.07) is 9.88. The van der Waals surface area contributed by atoms with Crippen LogP contribution in [0, 0.1) is 6.92 Å². The van der Waals surface area contributed by atoms with Crippen LogP contribution in [0.2, 0.25) is 0 Å². The molecule has 2 aromatic rings. The van der Waals surface area contributed by atoms with Gasteiger partial charge in [0.2, 0.25) is 0 Å². The maximum absolute atomic E-state index is 12.8. The summed E-state index contributed by atoms with van der Waals surface area (Å²) in [5.41, 5.74) is 1.48. The van der Waals surface area contributed by atoms with Crippen LogP contribution in [0.3, 0.4) is 0 Å². The Morgan fingerprint density at radius 1 is 1.27 bits per heavy atom. The highest BCUT2D eigenvalue weighted by Gasteiger charge is 2.26. The average molecular weight is 373 g/mol. The number of hydrogen-bond acceptors (Lipinski definition) is 5. The third-order valence-electron chi connectivity index (χ3n) is 4.34. The Balaban J connectivity index is 1.64. The van der Waals surface area contributed by atoms with Crippen molar-refractivity contribution < 1.29 is 14.3 Å². The van der Waals surface area contributed by atoms with Gasteiger partial charge in [0.05, 0.1) is 16.5 Å². The highest BCUT2D eigenvalue weighted by molar-refractivity contribution is 7.15. The van der Waals surface area contributed by atoms with Gasteiger partial charge in [-0.05, 0) is 32.3 Å². The fourth-order valence-electron chi connectivity index (χ4n) is 3.04. The topological polar surface area (TPSA) is 71.5 Å². The van der Waals surface area contributed by atoms with Crippen LogP contribution in [0.15, 0.2) is 30.3 Å². The highest BCUT2D eigenvalue weighted by Crippen LogP contribution is 2.30. The first kappa shape index (κ1) is 18.4. The number of aryl methyl sites for hydroxylation is 1. The molecule has 2 amide bonds. The van der Waals surface area contributed by atoms with Crippen LogP contribution in [-0.4, -0.2) is 47.6 Å². The van der Waals surface area contributed by atoms with Gasteiger partial charge in [0.1, 0.15) is 5.69 Å². The summed E-state index contributed by atoms with van der Waals surface area (Å²) >= 11 is 1.53. The minimum atomic E-state index is -0.279. The molecule has 1 N–H and O–H groups in total. The van der Waals surface area contributed by atoms with E-state index in [2.05, 4.69) is 10.3 Å². The molecule has 138 valence electrons. The SMILES string of the molecule is CCOC(=O)N1CCC(NC(=O)c2nc(C)sc2-c2ccccc2)CC1. The Labute approximate surface area is 157 Å². The minimum absolute atomic E-state index is 0.0406. The lowest BCUT2D eigenvalue weighted by Crippen LogP contribution is -2.46. The number of rotatable bonds is 4. The zero-order chi connectivity index (χ0) is 18.5. The van der Waals surface area contributed by atoms with Crippen LogP contribution in [0.5, 0.6) is 0 Å². The van der Waals surface area contributed by atoms with Gasteiger partial charge in [0.15, 0.2) is 0 Å². The zero-order valence-corrected chi connectivity index (χ0v) is 15.8. The molecule has 0 radical (unpaired) electrons. The van der Waals surface area contributed by atoms with E-state index < -0.39 is 0 Å². The second kappa shape index (κ2) is 8.31. The first-order chi connectivity index (χ1) is 12.6. The van der Waals surface area contributed by atoms with Crippen LogP contribution >= 0.6 is 11.3 Å². The van der Waals surface area contributed by atoms with Gasteiger partial charge < -0.3 is 15.0 Å². The summed E-state index contributed by atoms with van der Waals surface area (Å²) in [5, 5.41) is 3.94. The van der Waals surface area contributed by atoms with Gasteiger partial charge in [-0.2, -0.15) is 0 Å². The van der Waals surface area contributed by atoms with Crippen LogP contribution in [0.4, 0.5) is 4.79 Å². The standard InChI is InChI=1S/C19H23N3O3S/c1-3-25-19(24)22-11-9-15(10-12-22)21-18(23)16-17(26-13(2)20-16)14-7-5-4-6-8-14/h4-8,15H,3,9-12H2,1-2H3,(H,21,23). The van der Waals surface area contributed by atoms with Crippen molar-refractivity contribution in [2.45, 2.75) is 32.7 Å². The molecule has 6 nitrogen and oxygen atoms in total. The monoisotopic (exact) mass is 373 g/mol. The number of ether oxygens (including phenoxy) is 1. The molecule has 1 saturated heterocycles. The summed E-state index contributed by atoms with van der Waals surface area (Å²) in [7, 11) is 0. The van der Waals surface area contributed by atoms with Gasteiger partial charge in [0, 0.05) is 19.1 Å². The molecule has 0 bridgehead atoms. The second-order valence-corrected chi connectivity index (χ2v) is 7.41. The van der Waals surface area contributed by atoms with E-state index in [1.165, 1.54) is 11.3 Å². The van der Waals surface area contributed by atoms with Gasteiger partial charge in [-0.25, -0.2) is 9.78 Å². The number of thiazole rings is 1. The normalized spacial score (nSPS) is 14.9. The molecular weight excluding hydrogens is 350 g/mol. The predicted molar refractivity (Wildman–Crippen MR) is 101 cm³/mol. The quantitative estimate of drug-likeness (QED) is 0.891. The molecule has 1 aliphatic rings. The minimum Gasteiger partial charge on any atom is -0.450 e. The maximum atomic E-state index is 12.8. The molecule has 7 heteroatoms. The highest BCUT2D eigenvalue weighted by atomic mass is 32.1. The Bertz CT molecular complexity index is 768. The number of benzene rings is 1. The predicted octanol–water partition coefficient (Wildman–Crippen LogP) is 3.47. The summed E-state index contributed by atoms with van der Waals surface area (Å²) in [6.45, 7) is 5.26. The first-order valence-electron chi connectivity index (χ1n) is 8.84. The third-order valence-corrected chi connectivity index (χ3v) is 5.36. The number of aromatic nitrogens is 1. The molecule has 0 aliphatic carbocycles. The van der Waals surface area contributed by atoms with Crippen molar-refractivity contribution in [3.63, 3.8) is 0 Å².